The van der Waals surface area contributed by atoms with Gasteiger partial charge in [0.25, 0.3) is 0 Å². The van der Waals surface area contributed by atoms with Crippen molar-refractivity contribution in [2.45, 2.75) is 64.7 Å². The molecule has 0 unspecified atom stereocenters. The molecule has 0 aromatic heterocycles. The number of carbonyl (C=O) groups excluding carboxylic acids is 2. The van der Waals surface area contributed by atoms with Gasteiger partial charge in [-0.3, -0.25) is 9.59 Å². The zero-order chi connectivity index (χ0) is 21.4. The third-order valence-electron chi connectivity index (χ3n) is 6.51. The van der Waals surface area contributed by atoms with Gasteiger partial charge in [-0.1, -0.05) is 24.9 Å². The summed E-state index contributed by atoms with van der Waals surface area (Å²) in [5.74, 6) is 1.25. The number of hydrogen-bond acceptors (Lipinski definition) is 3. The molecule has 1 aromatic rings. The first-order valence-electron chi connectivity index (χ1n) is 11.5. The van der Waals surface area contributed by atoms with Gasteiger partial charge >= 0.3 is 0 Å². The summed E-state index contributed by atoms with van der Waals surface area (Å²) < 4.78 is 6.12. The van der Waals surface area contributed by atoms with Crippen molar-refractivity contribution in [1.82, 2.24) is 9.80 Å². The quantitative estimate of drug-likeness (QED) is 0.583. The van der Waals surface area contributed by atoms with Crippen molar-refractivity contribution in [3.8, 4) is 5.75 Å². The van der Waals surface area contributed by atoms with Gasteiger partial charge in [0.2, 0.25) is 11.8 Å². The molecule has 6 heteroatoms. The second kappa shape index (κ2) is 11.0. The number of rotatable bonds is 8. The van der Waals surface area contributed by atoms with Crippen LogP contribution in [0.3, 0.4) is 0 Å². The number of halogens is 1. The fraction of sp³-hybridized carbons (Fsp3) is 0.667. The monoisotopic (exact) mass is 434 g/mol. The molecule has 2 fully saturated rings. The van der Waals surface area contributed by atoms with E-state index in [1.165, 1.54) is 6.42 Å². The number of amides is 2. The lowest BCUT2D eigenvalue weighted by molar-refractivity contribution is -0.138. The van der Waals surface area contributed by atoms with Gasteiger partial charge in [-0.05, 0) is 62.8 Å². The third kappa shape index (κ3) is 6.37. The summed E-state index contributed by atoms with van der Waals surface area (Å²) in [7, 11) is 0. The van der Waals surface area contributed by atoms with E-state index in [1.807, 2.05) is 34.1 Å². The van der Waals surface area contributed by atoms with Crippen molar-refractivity contribution in [3.63, 3.8) is 0 Å². The second-order valence-corrected chi connectivity index (χ2v) is 9.28. The molecule has 166 valence electrons. The van der Waals surface area contributed by atoms with E-state index in [0.29, 0.717) is 37.6 Å². The van der Waals surface area contributed by atoms with Crippen LogP contribution in [0.15, 0.2) is 24.3 Å². The molecule has 0 atom stereocenters. The molecule has 30 heavy (non-hydrogen) atoms. The third-order valence-corrected chi connectivity index (χ3v) is 6.77. The minimum absolute atomic E-state index is 0.226. The van der Waals surface area contributed by atoms with Gasteiger partial charge in [0.05, 0.1) is 6.61 Å². The topological polar surface area (TPSA) is 49.9 Å². The molecule has 0 saturated carbocycles. The summed E-state index contributed by atoms with van der Waals surface area (Å²) in [5, 5.41) is 0.677. The van der Waals surface area contributed by atoms with Crippen LogP contribution in [-0.2, 0) is 9.59 Å². The van der Waals surface area contributed by atoms with Crippen LogP contribution in [0.1, 0.15) is 64.7 Å². The van der Waals surface area contributed by atoms with E-state index >= 15 is 0 Å². The molecule has 2 amide bonds. The molecule has 2 aliphatic heterocycles. The van der Waals surface area contributed by atoms with E-state index in [-0.39, 0.29) is 17.2 Å². The van der Waals surface area contributed by atoms with Gasteiger partial charge < -0.3 is 14.5 Å². The van der Waals surface area contributed by atoms with Gasteiger partial charge in [0, 0.05) is 49.5 Å². The van der Waals surface area contributed by atoms with E-state index in [2.05, 4.69) is 6.92 Å². The van der Waals surface area contributed by atoms with Crippen LogP contribution in [0.2, 0.25) is 5.02 Å². The zero-order valence-electron chi connectivity index (χ0n) is 18.2. The van der Waals surface area contributed by atoms with Crippen molar-refractivity contribution >= 4 is 23.4 Å². The highest BCUT2D eigenvalue weighted by Gasteiger charge is 2.39. The minimum atomic E-state index is -0.226. The SMILES string of the molecule is CCCCC(=O)N1CCC(COc2ccc(Cl)cc2)(CC(=O)N2CCCCC2)CC1. The fourth-order valence-corrected chi connectivity index (χ4v) is 4.56. The molecular formula is C24H35ClN2O3. The highest BCUT2D eigenvalue weighted by molar-refractivity contribution is 6.30. The number of nitrogens with zero attached hydrogens (tertiary/aromatic N) is 2. The Kier molecular flexibility index (Phi) is 8.43. The molecule has 1 aromatic carbocycles. The average Bonchev–Trinajstić information content (AvgIpc) is 2.78. The number of likely N-dealkylation sites (tertiary alicyclic amines) is 2. The van der Waals surface area contributed by atoms with Crippen molar-refractivity contribution in [1.29, 1.82) is 0 Å². The van der Waals surface area contributed by atoms with Crippen molar-refractivity contribution < 1.29 is 14.3 Å². The second-order valence-electron chi connectivity index (χ2n) is 8.85. The molecule has 0 N–H and O–H groups in total. The molecule has 2 aliphatic rings. The largest absolute Gasteiger partial charge is 0.493 e. The summed E-state index contributed by atoms with van der Waals surface area (Å²) in [6, 6.07) is 7.37. The van der Waals surface area contributed by atoms with Crippen molar-refractivity contribution in [2.75, 3.05) is 32.8 Å². The van der Waals surface area contributed by atoms with Gasteiger partial charge in [0.1, 0.15) is 5.75 Å². The number of unbranched alkanes of at least 4 members (excludes halogenated alkanes) is 1. The molecule has 0 spiro atoms. The molecule has 2 heterocycles. The maximum atomic E-state index is 13.1. The number of hydrogen-bond donors (Lipinski definition) is 0. The summed E-state index contributed by atoms with van der Waals surface area (Å²) in [4.78, 5) is 29.5. The van der Waals surface area contributed by atoms with Crippen LogP contribution in [0.5, 0.6) is 5.75 Å². The molecule has 5 nitrogen and oxygen atoms in total. The summed E-state index contributed by atoms with van der Waals surface area (Å²) in [6.45, 7) is 5.75. The molecule has 0 radical (unpaired) electrons. The predicted octanol–water partition coefficient (Wildman–Crippen LogP) is 4.92. The van der Waals surface area contributed by atoms with Crippen molar-refractivity contribution in [3.05, 3.63) is 29.3 Å². The highest BCUT2D eigenvalue weighted by Crippen LogP contribution is 2.37. The Morgan fingerprint density at radius 1 is 0.967 bits per heavy atom. The minimum Gasteiger partial charge on any atom is -0.493 e. The van der Waals surface area contributed by atoms with Crippen LogP contribution in [-0.4, -0.2) is 54.4 Å². The molecular weight excluding hydrogens is 400 g/mol. The number of ether oxygens (including phenoxy) is 1. The first-order chi connectivity index (χ1) is 14.5. The van der Waals surface area contributed by atoms with E-state index in [4.69, 9.17) is 16.3 Å². The van der Waals surface area contributed by atoms with Crippen LogP contribution in [0.4, 0.5) is 0 Å². The summed E-state index contributed by atoms with van der Waals surface area (Å²) in [6.07, 6.45) is 8.10. The maximum Gasteiger partial charge on any atom is 0.223 e. The number of carbonyl (C=O) groups is 2. The predicted molar refractivity (Wildman–Crippen MR) is 120 cm³/mol. The Labute approximate surface area is 185 Å². The van der Waals surface area contributed by atoms with Gasteiger partial charge in [-0.2, -0.15) is 0 Å². The van der Waals surface area contributed by atoms with Gasteiger partial charge in [0.15, 0.2) is 0 Å². The maximum absolute atomic E-state index is 13.1. The number of benzene rings is 1. The Morgan fingerprint density at radius 2 is 1.60 bits per heavy atom. The highest BCUT2D eigenvalue weighted by atomic mass is 35.5. The van der Waals surface area contributed by atoms with Crippen LogP contribution in [0, 0.1) is 5.41 Å². The van der Waals surface area contributed by atoms with Crippen LogP contribution >= 0.6 is 11.6 Å². The Balaban J connectivity index is 1.64. The Hall–Kier alpha value is -1.75. The normalized spacial score (nSPS) is 18.9. The van der Waals surface area contributed by atoms with Gasteiger partial charge in [-0.15, -0.1) is 0 Å². The standard InChI is InChI=1S/C24H35ClN2O3/c1-2-3-7-22(28)27-16-12-24(13-17-27,18-23(29)26-14-5-4-6-15-26)19-30-21-10-8-20(25)9-11-21/h8-11H,2-7,12-19H2,1H3. The molecule has 0 bridgehead atoms. The first kappa shape index (κ1) is 22.9. The lowest BCUT2D eigenvalue weighted by Crippen LogP contribution is -2.48. The fourth-order valence-electron chi connectivity index (χ4n) is 4.43. The van der Waals surface area contributed by atoms with E-state index in [1.54, 1.807) is 0 Å². The van der Waals surface area contributed by atoms with Crippen molar-refractivity contribution in [2.24, 2.45) is 5.41 Å². The van der Waals surface area contributed by atoms with Crippen LogP contribution in [0.25, 0.3) is 0 Å². The Bertz CT molecular complexity index is 693. The molecule has 0 aliphatic carbocycles. The molecule has 3 rings (SSSR count). The average molecular weight is 435 g/mol. The first-order valence-corrected chi connectivity index (χ1v) is 11.8. The summed E-state index contributed by atoms with van der Waals surface area (Å²) in [5.41, 5.74) is -0.226. The number of piperidine rings is 2. The smallest absolute Gasteiger partial charge is 0.223 e. The van der Waals surface area contributed by atoms with Gasteiger partial charge in [-0.25, -0.2) is 0 Å². The molecule has 2 saturated heterocycles. The van der Waals surface area contributed by atoms with E-state index in [0.717, 1.165) is 57.4 Å². The van der Waals surface area contributed by atoms with E-state index in [9.17, 15) is 9.59 Å². The lowest BCUT2D eigenvalue weighted by atomic mass is 9.75. The summed E-state index contributed by atoms with van der Waals surface area (Å²) >= 11 is 5.98. The Morgan fingerprint density at radius 3 is 2.23 bits per heavy atom. The van der Waals surface area contributed by atoms with Crippen LogP contribution < -0.4 is 4.74 Å². The van der Waals surface area contributed by atoms with E-state index < -0.39 is 0 Å². The lowest BCUT2D eigenvalue weighted by Gasteiger charge is -2.42. The zero-order valence-corrected chi connectivity index (χ0v) is 19.0.